The largest absolute Gasteiger partial charge is 0.337 e. The van der Waals surface area contributed by atoms with E-state index in [4.69, 9.17) is 0 Å². The molecule has 2 aliphatic rings. The second-order valence-corrected chi connectivity index (χ2v) is 7.47. The summed E-state index contributed by atoms with van der Waals surface area (Å²) in [5.41, 5.74) is 2.02. The van der Waals surface area contributed by atoms with Crippen molar-refractivity contribution in [3.63, 3.8) is 0 Å². The lowest BCUT2D eigenvalue weighted by atomic mass is 10.1. The van der Waals surface area contributed by atoms with E-state index < -0.39 is 0 Å². The van der Waals surface area contributed by atoms with Gasteiger partial charge in [-0.1, -0.05) is 18.2 Å². The molecule has 118 valence electrons. The number of hydrogen-bond acceptors (Lipinski definition) is 2. The summed E-state index contributed by atoms with van der Waals surface area (Å²) >= 11 is 0. The number of nitrogens with zero attached hydrogens (tertiary/aromatic N) is 2. The van der Waals surface area contributed by atoms with Crippen molar-refractivity contribution < 1.29 is 9.59 Å². The first-order valence-corrected chi connectivity index (χ1v) is 8.00. The van der Waals surface area contributed by atoms with Crippen LogP contribution in [0.25, 0.3) is 0 Å². The number of hydrogen-bond donors (Lipinski definition) is 0. The van der Waals surface area contributed by atoms with Gasteiger partial charge in [-0.05, 0) is 45.7 Å². The van der Waals surface area contributed by atoms with E-state index in [2.05, 4.69) is 13.0 Å². The molecule has 0 unspecified atom stereocenters. The van der Waals surface area contributed by atoms with E-state index in [-0.39, 0.29) is 29.3 Å². The minimum atomic E-state index is -0.222. The predicted octanol–water partition coefficient (Wildman–Crippen LogP) is 2.61. The molecule has 1 saturated heterocycles. The Hall–Kier alpha value is -1.84. The minimum Gasteiger partial charge on any atom is -0.337 e. The van der Waals surface area contributed by atoms with E-state index in [1.54, 1.807) is 0 Å². The lowest BCUT2D eigenvalue weighted by Gasteiger charge is -2.32. The Labute approximate surface area is 132 Å². The van der Waals surface area contributed by atoms with Gasteiger partial charge in [0.05, 0.1) is 5.92 Å². The molecule has 2 atom stereocenters. The van der Waals surface area contributed by atoms with E-state index in [0.29, 0.717) is 13.0 Å². The van der Waals surface area contributed by atoms with Crippen molar-refractivity contribution in [1.82, 2.24) is 4.90 Å². The molecule has 0 spiro atoms. The highest BCUT2D eigenvalue weighted by molar-refractivity contribution is 6.01. The third kappa shape index (κ3) is 2.40. The van der Waals surface area contributed by atoms with Crippen LogP contribution in [-0.4, -0.2) is 34.8 Å². The van der Waals surface area contributed by atoms with Crippen LogP contribution in [0.1, 0.15) is 39.7 Å². The SMILES string of the molecule is C[C@H]1Cc2ccccc2N1C(=O)[C@H]1CC(=O)N(C(C)(C)C)C1. The van der Waals surface area contributed by atoms with Crippen LogP contribution in [0.15, 0.2) is 24.3 Å². The van der Waals surface area contributed by atoms with Gasteiger partial charge in [0.25, 0.3) is 0 Å². The molecule has 1 aromatic carbocycles. The maximum absolute atomic E-state index is 13.0. The van der Waals surface area contributed by atoms with E-state index in [1.807, 2.05) is 48.8 Å². The number of anilines is 1. The van der Waals surface area contributed by atoms with Crippen LogP contribution in [0.4, 0.5) is 5.69 Å². The van der Waals surface area contributed by atoms with Gasteiger partial charge >= 0.3 is 0 Å². The van der Waals surface area contributed by atoms with Crippen LogP contribution in [0.2, 0.25) is 0 Å². The number of para-hydroxylation sites is 1. The monoisotopic (exact) mass is 300 g/mol. The fraction of sp³-hybridized carbons (Fsp3) is 0.556. The molecule has 0 radical (unpaired) electrons. The number of likely N-dealkylation sites (tertiary alicyclic amines) is 1. The summed E-state index contributed by atoms with van der Waals surface area (Å²) < 4.78 is 0. The van der Waals surface area contributed by atoms with Crippen molar-refractivity contribution in [3.05, 3.63) is 29.8 Å². The zero-order valence-electron chi connectivity index (χ0n) is 13.8. The molecule has 0 aliphatic carbocycles. The van der Waals surface area contributed by atoms with Gasteiger partial charge in [-0.2, -0.15) is 0 Å². The van der Waals surface area contributed by atoms with Gasteiger partial charge < -0.3 is 9.80 Å². The second kappa shape index (κ2) is 5.11. The van der Waals surface area contributed by atoms with Gasteiger partial charge in [0.1, 0.15) is 0 Å². The zero-order chi connectivity index (χ0) is 16.1. The summed E-state index contributed by atoms with van der Waals surface area (Å²) in [7, 11) is 0. The highest BCUT2D eigenvalue weighted by Gasteiger charge is 2.43. The summed E-state index contributed by atoms with van der Waals surface area (Å²) in [5, 5.41) is 0. The minimum absolute atomic E-state index is 0.0889. The molecule has 22 heavy (non-hydrogen) atoms. The molecule has 2 amide bonds. The molecular formula is C18H24N2O2. The normalized spacial score (nSPS) is 24.8. The van der Waals surface area contributed by atoms with E-state index >= 15 is 0 Å². The smallest absolute Gasteiger partial charge is 0.232 e. The molecule has 4 heteroatoms. The molecule has 2 aliphatic heterocycles. The maximum Gasteiger partial charge on any atom is 0.232 e. The number of rotatable bonds is 1. The number of carbonyl (C=O) groups excluding carboxylic acids is 2. The maximum atomic E-state index is 13.0. The average Bonchev–Trinajstić information content (AvgIpc) is 2.97. The second-order valence-electron chi connectivity index (χ2n) is 7.47. The van der Waals surface area contributed by atoms with Gasteiger partial charge in [0.2, 0.25) is 11.8 Å². The van der Waals surface area contributed by atoms with Crippen molar-refractivity contribution in [2.45, 2.75) is 52.1 Å². The first-order chi connectivity index (χ1) is 10.3. The molecule has 4 nitrogen and oxygen atoms in total. The van der Waals surface area contributed by atoms with E-state index in [9.17, 15) is 9.59 Å². The van der Waals surface area contributed by atoms with Crippen molar-refractivity contribution in [1.29, 1.82) is 0 Å². The molecule has 0 saturated carbocycles. The average molecular weight is 300 g/mol. The van der Waals surface area contributed by atoms with Crippen molar-refractivity contribution in [3.8, 4) is 0 Å². The fourth-order valence-corrected chi connectivity index (χ4v) is 3.62. The Morgan fingerprint density at radius 2 is 1.86 bits per heavy atom. The Balaban J connectivity index is 1.83. The molecular weight excluding hydrogens is 276 g/mol. The van der Waals surface area contributed by atoms with E-state index in [1.165, 1.54) is 5.56 Å². The molecule has 1 fully saturated rings. The van der Waals surface area contributed by atoms with Crippen LogP contribution in [0, 0.1) is 5.92 Å². The van der Waals surface area contributed by atoms with Crippen LogP contribution >= 0.6 is 0 Å². The highest BCUT2D eigenvalue weighted by Crippen LogP contribution is 2.35. The number of amides is 2. The van der Waals surface area contributed by atoms with Crippen LogP contribution < -0.4 is 4.90 Å². The van der Waals surface area contributed by atoms with Crippen LogP contribution in [0.3, 0.4) is 0 Å². The lowest BCUT2D eigenvalue weighted by molar-refractivity contribution is -0.131. The summed E-state index contributed by atoms with van der Waals surface area (Å²) in [5.74, 6) is -0.0381. The van der Waals surface area contributed by atoms with Crippen LogP contribution in [-0.2, 0) is 16.0 Å². The van der Waals surface area contributed by atoms with Crippen LogP contribution in [0.5, 0.6) is 0 Å². The summed E-state index contributed by atoms with van der Waals surface area (Å²) in [6.45, 7) is 8.67. The Bertz CT molecular complexity index is 618. The zero-order valence-corrected chi connectivity index (χ0v) is 13.8. The summed E-state index contributed by atoms with van der Waals surface area (Å²) in [6, 6.07) is 8.25. The van der Waals surface area contributed by atoms with Gasteiger partial charge in [-0.3, -0.25) is 9.59 Å². The summed E-state index contributed by atoms with van der Waals surface area (Å²) in [6.07, 6.45) is 1.23. The molecule has 3 rings (SSSR count). The van der Waals surface area contributed by atoms with Gasteiger partial charge in [0.15, 0.2) is 0 Å². The Morgan fingerprint density at radius 1 is 1.18 bits per heavy atom. The first kappa shape index (κ1) is 15.1. The van der Waals surface area contributed by atoms with Crippen molar-refractivity contribution >= 4 is 17.5 Å². The fourth-order valence-electron chi connectivity index (χ4n) is 3.62. The van der Waals surface area contributed by atoms with Gasteiger partial charge in [-0.25, -0.2) is 0 Å². The number of carbonyl (C=O) groups is 2. The standard InChI is InChI=1S/C18H24N2O2/c1-12-9-13-7-5-6-8-15(13)20(12)17(22)14-10-16(21)19(11-14)18(2,3)4/h5-8,12,14H,9-11H2,1-4H3/t12-,14-/m0/s1. The highest BCUT2D eigenvalue weighted by atomic mass is 16.2. The quantitative estimate of drug-likeness (QED) is 0.800. The molecule has 0 N–H and O–H groups in total. The molecule has 0 bridgehead atoms. The Morgan fingerprint density at radius 3 is 2.50 bits per heavy atom. The molecule has 2 heterocycles. The molecule has 0 aromatic heterocycles. The Kier molecular flexibility index (Phi) is 3.50. The van der Waals surface area contributed by atoms with E-state index in [0.717, 1.165) is 12.1 Å². The first-order valence-electron chi connectivity index (χ1n) is 8.00. The van der Waals surface area contributed by atoms with Crippen molar-refractivity contribution in [2.24, 2.45) is 5.92 Å². The lowest BCUT2D eigenvalue weighted by Crippen LogP contribution is -2.44. The van der Waals surface area contributed by atoms with Crippen molar-refractivity contribution in [2.75, 3.05) is 11.4 Å². The van der Waals surface area contributed by atoms with Gasteiger partial charge in [0, 0.05) is 30.2 Å². The summed E-state index contributed by atoms with van der Waals surface area (Å²) in [4.78, 5) is 29.0. The molecule has 1 aromatic rings. The predicted molar refractivity (Wildman–Crippen MR) is 86.7 cm³/mol. The topological polar surface area (TPSA) is 40.6 Å². The number of fused-ring (bicyclic) bond motifs is 1. The third-order valence-electron chi connectivity index (χ3n) is 4.73. The number of benzene rings is 1. The third-order valence-corrected chi connectivity index (χ3v) is 4.73. The van der Waals surface area contributed by atoms with Gasteiger partial charge in [-0.15, -0.1) is 0 Å².